The van der Waals surface area contributed by atoms with Crippen molar-refractivity contribution in [3.63, 3.8) is 0 Å². The van der Waals surface area contributed by atoms with Crippen molar-refractivity contribution < 1.29 is 5.11 Å². The van der Waals surface area contributed by atoms with Crippen LogP contribution in [0.3, 0.4) is 0 Å². The third-order valence-electron chi connectivity index (χ3n) is 5.58. The van der Waals surface area contributed by atoms with Crippen LogP contribution in [-0.2, 0) is 0 Å². The Morgan fingerprint density at radius 3 is 2.82 bits per heavy atom. The maximum absolute atomic E-state index is 11.3. The summed E-state index contributed by atoms with van der Waals surface area (Å²) in [7, 11) is 0. The molecule has 2 fully saturated rings. The van der Waals surface area contributed by atoms with Gasteiger partial charge in [-0.2, -0.15) is 0 Å². The van der Waals surface area contributed by atoms with E-state index in [0.717, 1.165) is 32.1 Å². The van der Waals surface area contributed by atoms with Crippen LogP contribution in [0.2, 0.25) is 0 Å². The lowest BCUT2D eigenvalue weighted by atomic mass is 9.49. The minimum atomic E-state index is -0.547. The average molecular weight is 234 g/mol. The summed E-state index contributed by atoms with van der Waals surface area (Å²) in [6, 6.07) is 0. The largest absolute Gasteiger partial charge is 0.389 e. The Bertz CT molecular complexity index is 332. The van der Waals surface area contributed by atoms with Crippen LogP contribution in [0.1, 0.15) is 52.4 Å². The summed E-state index contributed by atoms with van der Waals surface area (Å²) in [5.74, 6) is 0.810. The number of allylic oxidation sites excluding steroid dienone is 1. The van der Waals surface area contributed by atoms with Gasteiger partial charge in [-0.15, -0.1) is 6.58 Å². The van der Waals surface area contributed by atoms with Gasteiger partial charge in [0.2, 0.25) is 0 Å². The highest BCUT2D eigenvalue weighted by Crippen LogP contribution is 2.59. The summed E-state index contributed by atoms with van der Waals surface area (Å²) in [6.45, 7) is 12.6. The molecule has 0 aliphatic heterocycles. The number of rotatable bonds is 2. The predicted molar refractivity (Wildman–Crippen MR) is 72.7 cm³/mol. The molecule has 0 aromatic carbocycles. The van der Waals surface area contributed by atoms with Gasteiger partial charge in [-0.3, -0.25) is 0 Å². The van der Waals surface area contributed by atoms with E-state index >= 15 is 0 Å². The zero-order valence-electron chi connectivity index (χ0n) is 11.3. The molecule has 0 bridgehead atoms. The molecule has 1 N–H and O–H groups in total. The molecule has 0 radical (unpaired) electrons. The van der Waals surface area contributed by atoms with Gasteiger partial charge in [0.15, 0.2) is 0 Å². The zero-order chi connectivity index (χ0) is 12.7. The highest BCUT2D eigenvalue weighted by Gasteiger charge is 2.57. The lowest BCUT2D eigenvalue weighted by Gasteiger charge is -2.59. The highest BCUT2D eigenvalue weighted by atomic mass is 16.3. The fourth-order valence-electron chi connectivity index (χ4n) is 4.25. The quantitative estimate of drug-likeness (QED) is 0.714. The van der Waals surface area contributed by atoms with Gasteiger partial charge in [-0.1, -0.05) is 44.9 Å². The second kappa shape index (κ2) is 4.28. The first kappa shape index (κ1) is 12.9. The van der Waals surface area contributed by atoms with Crippen molar-refractivity contribution in [2.24, 2.45) is 17.3 Å². The Balaban J connectivity index is 2.42. The SMILES string of the molecule is C=CC[C@]1(C)[C@@H](C)CC(=C)[C@@H]2CCCC[C@]21O. The van der Waals surface area contributed by atoms with Gasteiger partial charge in [0.1, 0.15) is 0 Å². The van der Waals surface area contributed by atoms with Crippen LogP contribution in [0.4, 0.5) is 0 Å². The lowest BCUT2D eigenvalue weighted by molar-refractivity contribution is -0.167. The van der Waals surface area contributed by atoms with E-state index in [2.05, 4.69) is 27.0 Å². The van der Waals surface area contributed by atoms with Crippen LogP contribution in [0.25, 0.3) is 0 Å². The predicted octanol–water partition coefficient (Wildman–Crippen LogP) is 4.09. The molecule has 1 nitrogen and oxygen atoms in total. The molecule has 0 heterocycles. The normalized spacial score (nSPS) is 46.4. The highest BCUT2D eigenvalue weighted by molar-refractivity contribution is 5.22. The third-order valence-corrected chi connectivity index (χ3v) is 5.58. The van der Waals surface area contributed by atoms with Gasteiger partial charge < -0.3 is 5.11 Å². The topological polar surface area (TPSA) is 20.2 Å². The molecule has 2 rings (SSSR count). The Hall–Kier alpha value is -0.560. The van der Waals surface area contributed by atoms with E-state index in [-0.39, 0.29) is 5.41 Å². The van der Waals surface area contributed by atoms with Gasteiger partial charge in [0, 0.05) is 11.3 Å². The van der Waals surface area contributed by atoms with E-state index in [0.29, 0.717) is 11.8 Å². The fourth-order valence-corrected chi connectivity index (χ4v) is 4.25. The monoisotopic (exact) mass is 234 g/mol. The Labute approximate surface area is 106 Å². The third kappa shape index (κ3) is 1.71. The van der Waals surface area contributed by atoms with Gasteiger partial charge in [0.05, 0.1) is 5.60 Å². The molecule has 0 spiro atoms. The Kier molecular flexibility index (Phi) is 3.24. The Morgan fingerprint density at radius 1 is 1.47 bits per heavy atom. The second-order valence-corrected chi connectivity index (χ2v) is 6.40. The molecule has 2 aliphatic carbocycles. The molecule has 0 aromatic heterocycles. The summed E-state index contributed by atoms with van der Waals surface area (Å²) in [5, 5.41) is 11.3. The summed E-state index contributed by atoms with van der Waals surface area (Å²) >= 11 is 0. The summed E-state index contributed by atoms with van der Waals surface area (Å²) in [5.41, 5.74) is 0.705. The van der Waals surface area contributed by atoms with E-state index in [1.165, 1.54) is 12.0 Å². The Morgan fingerprint density at radius 2 is 2.18 bits per heavy atom. The second-order valence-electron chi connectivity index (χ2n) is 6.40. The van der Waals surface area contributed by atoms with Crippen LogP contribution in [0.5, 0.6) is 0 Å². The average Bonchev–Trinajstić information content (AvgIpc) is 2.27. The first-order valence-electron chi connectivity index (χ1n) is 6.96. The smallest absolute Gasteiger partial charge is 0.0771 e. The molecule has 0 saturated heterocycles. The number of hydrogen-bond acceptors (Lipinski definition) is 1. The van der Waals surface area contributed by atoms with Crippen molar-refractivity contribution in [3.8, 4) is 0 Å². The first-order chi connectivity index (χ1) is 7.95. The van der Waals surface area contributed by atoms with Crippen LogP contribution < -0.4 is 0 Å². The maximum Gasteiger partial charge on any atom is 0.0771 e. The molecule has 1 heteroatoms. The molecular weight excluding hydrogens is 208 g/mol. The molecule has 17 heavy (non-hydrogen) atoms. The van der Waals surface area contributed by atoms with Crippen molar-refractivity contribution in [2.75, 3.05) is 0 Å². The van der Waals surface area contributed by atoms with E-state index in [4.69, 9.17) is 0 Å². The molecule has 0 unspecified atom stereocenters. The molecule has 4 atom stereocenters. The first-order valence-corrected chi connectivity index (χ1v) is 6.96. The van der Waals surface area contributed by atoms with Gasteiger partial charge in [-0.05, 0) is 31.6 Å². The van der Waals surface area contributed by atoms with E-state index in [1.54, 1.807) is 0 Å². The fraction of sp³-hybridized carbons (Fsp3) is 0.750. The van der Waals surface area contributed by atoms with Crippen LogP contribution >= 0.6 is 0 Å². The van der Waals surface area contributed by atoms with Crippen LogP contribution in [0, 0.1) is 17.3 Å². The molecular formula is C16H26O. The van der Waals surface area contributed by atoms with Crippen LogP contribution in [-0.4, -0.2) is 10.7 Å². The standard InChI is InChI=1S/C16H26O/c1-5-9-15(4)13(3)11-12(2)14-8-6-7-10-16(14,15)17/h5,13-14,17H,1-2,6-11H2,3-4H3/t13-,14-,15+,16-/m0/s1. The molecule has 2 saturated carbocycles. The minimum absolute atomic E-state index is 0.0268. The van der Waals surface area contributed by atoms with Crippen molar-refractivity contribution in [2.45, 2.75) is 58.0 Å². The van der Waals surface area contributed by atoms with E-state index < -0.39 is 5.60 Å². The minimum Gasteiger partial charge on any atom is -0.389 e. The van der Waals surface area contributed by atoms with E-state index in [1.807, 2.05) is 6.08 Å². The zero-order valence-corrected chi connectivity index (χ0v) is 11.3. The summed E-state index contributed by atoms with van der Waals surface area (Å²) in [4.78, 5) is 0. The molecule has 0 aromatic rings. The maximum atomic E-state index is 11.3. The van der Waals surface area contributed by atoms with Crippen molar-refractivity contribution in [1.29, 1.82) is 0 Å². The van der Waals surface area contributed by atoms with Crippen molar-refractivity contribution in [1.82, 2.24) is 0 Å². The lowest BCUT2D eigenvalue weighted by Crippen LogP contribution is -2.59. The number of aliphatic hydroxyl groups is 1. The summed E-state index contributed by atoms with van der Waals surface area (Å²) < 4.78 is 0. The van der Waals surface area contributed by atoms with Crippen molar-refractivity contribution >= 4 is 0 Å². The van der Waals surface area contributed by atoms with Crippen LogP contribution in [0.15, 0.2) is 24.8 Å². The van der Waals surface area contributed by atoms with E-state index in [9.17, 15) is 5.11 Å². The number of hydrogen-bond donors (Lipinski definition) is 1. The van der Waals surface area contributed by atoms with Gasteiger partial charge >= 0.3 is 0 Å². The van der Waals surface area contributed by atoms with Gasteiger partial charge in [0.25, 0.3) is 0 Å². The molecule has 0 amide bonds. The molecule has 2 aliphatic rings. The molecule has 96 valence electrons. The van der Waals surface area contributed by atoms with Gasteiger partial charge in [-0.25, -0.2) is 0 Å². The van der Waals surface area contributed by atoms with Crippen molar-refractivity contribution in [3.05, 3.63) is 24.8 Å². The summed E-state index contributed by atoms with van der Waals surface area (Å²) in [6.07, 6.45) is 8.41. The number of fused-ring (bicyclic) bond motifs is 1.